The number of hydrogen-bond donors (Lipinski definition) is 3. The molecule has 6 heteroatoms. The Labute approximate surface area is 373 Å². The van der Waals surface area contributed by atoms with Gasteiger partial charge in [-0.3, -0.25) is 9.59 Å². The van der Waals surface area contributed by atoms with E-state index in [0.717, 1.165) is 70.6 Å². The van der Waals surface area contributed by atoms with Crippen LogP contribution in [0.4, 0.5) is 0 Å². The monoisotopic (exact) mass is 844 g/mol. The Morgan fingerprint density at radius 2 is 0.850 bits per heavy atom. The number of ether oxygens (including phenoxy) is 1. The van der Waals surface area contributed by atoms with Gasteiger partial charge in [-0.15, -0.1) is 0 Å². The third-order valence-corrected chi connectivity index (χ3v) is 11.9. The molecule has 0 aliphatic rings. The van der Waals surface area contributed by atoms with Gasteiger partial charge in [0.05, 0.1) is 25.4 Å². The molecule has 0 saturated heterocycles. The van der Waals surface area contributed by atoms with Crippen LogP contribution >= 0.6 is 0 Å². The van der Waals surface area contributed by atoms with E-state index in [1.54, 1.807) is 6.08 Å². The molecule has 0 aromatic rings. The first-order chi connectivity index (χ1) is 29.5. The van der Waals surface area contributed by atoms with Gasteiger partial charge in [-0.1, -0.05) is 237 Å². The van der Waals surface area contributed by atoms with Crippen LogP contribution in [0, 0.1) is 0 Å². The number of rotatable bonds is 48. The second-order valence-corrected chi connectivity index (χ2v) is 17.9. The van der Waals surface area contributed by atoms with Crippen LogP contribution in [-0.4, -0.2) is 47.4 Å². The lowest BCUT2D eigenvalue weighted by Gasteiger charge is -2.20. The molecule has 352 valence electrons. The molecule has 0 aliphatic heterocycles. The predicted molar refractivity (Wildman–Crippen MR) is 259 cm³/mol. The number of allylic oxidation sites excluding steroid dienone is 5. The zero-order chi connectivity index (χ0) is 43.7. The fourth-order valence-electron chi connectivity index (χ4n) is 7.83. The Morgan fingerprint density at radius 3 is 1.32 bits per heavy atom. The standard InChI is InChI=1S/C54H101NO5/c1-3-5-7-9-11-13-15-17-19-20-22-26-30-34-38-42-46-52(57)51(50-56)55-53(58)47-43-39-35-31-27-23-21-25-29-33-37-41-45-49-60-54(59)48-44-40-36-32-28-24-18-16-14-12-10-8-6-4-2/h10,12,16,18,42,46,51-52,56-57H,3-9,11,13-15,17,19-41,43-45,47-50H2,1-2H3,(H,55,58)/b12-10-,18-16-,46-42+. The van der Waals surface area contributed by atoms with Gasteiger partial charge in [0, 0.05) is 12.8 Å². The third kappa shape index (κ3) is 45.6. The normalized spacial score (nSPS) is 12.9. The van der Waals surface area contributed by atoms with Crippen molar-refractivity contribution in [3.63, 3.8) is 0 Å². The van der Waals surface area contributed by atoms with Crippen LogP contribution in [0.2, 0.25) is 0 Å². The Hall–Kier alpha value is -1.92. The first-order valence-electron chi connectivity index (χ1n) is 26.3. The number of carbonyl (C=O) groups excluding carboxylic acids is 2. The molecular formula is C54H101NO5. The van der Waals surface area contributed by atoms with Crippen LogP contribution in [0.25, 0.3) is 0 Å². The molecule has 6 nitrogen and oxygen atoms in total. The van der Waals surface area contributed by atoms with Crippen molar-refractivity contribution in [3.05, 3.63) is 36.5 Å². The van der Waals surface area contributed by atoms with Crippen molar-refractivity contribution >= 4 is 11.9 Å². The maximum Gasteiger partial charge on any atom is 0.305 e. The molecular weight excluding hydrogens is 743 g/mol. The largest absolute Gasteiger partial charge is 0.466 e. The van der Waals surface area contributed by atoms with Crippen LogP contribution in [-0.2, 0) is 14.3 Å². The van der Waals surface area contributed by atoms with Crippen molar-refractivity contribution in [1.29, 1.82) is 0 Å². The first kappa shape index (κ1) is 58.1. The lowest BCUT2D eigenvalue weighted by molar-refractivity contribution is -0.143. The molecule has 0 fully saturated rings. The van der Waals surface area contributed by atoms with Crippen molar-refractivity contribution in [2.75, 3.05) is 13.2 Å². The lowest BCUT2D eigenvalue weighted by atomic mass is 10.0. The van der Waals surface area contributed by atoms with Crippen LogP contribution in [0.3, 0.4) is 0 Å². The smallest absolute Gasteiger partial charge is 0.305 e. The van der Waals surface area contributed by atoms with E-state index in [4.69, 9.17) is 4.74 Å². The molecule has 0 rings (SSSR count). The summed E-state index contributed by atoms with van der Waals surface area (Å²) in [6.07, 6.45) is 59.9. The Kier molecular flexibility index (Phi) is 48.1. The molecule has 0 bridgehead atoms. The van der Waals surface area contributed by atoms with Crippen molar-refractivity contribution < 1.29 is 24.5 Å². The highest BCUT2D eigenvalue weighted by Crippen LogP contribution is 2.16. The minimum absolute atomic E-state index is 0.0219. The summed E-state index contributed by atoms with van der Waals surface area (Å²) < 4.78 is 5.45. The summed E-state index contributed by atoms with van der Waals surface area (Å²) in [5.41, 5.74) is 0. The summed E-state index contributed by atoms with van der Waals surface area (Å²) in [6.45, 7) is 4.83. The molecule has 0 aromatic carbocycles. The number of aliphatic hydroxyl groups excluding tert-OH is 2. The summed E-state index contributed by atoms with van der Waals surface area (Å²) in [5.74, 6) is -0.103. The lowest BCUT2D eigenvalue weighted by Crippen LogP contribution is -2.45. The van der Waals surface area contributed by atoms with Gasteiger partial charge < -0.3 is 20.3 Å². The summed E-state index contributed by atoms with van der Waals surface area (Å²) in [4.78, 5) is 24.5. The van der Waals surface area contributed by atoms with Crippen molar-refractivity contribution in [2.24, 2.45) is 0 Å². The average molecular weight is 844 g/mol. The molecule has 0 aliphatic carbocycles. The van der Waals surface area contributed by atoms with Gasteiger partial charge in [-0.05, 0) is 57.8 Å². The van der Waals surface area contributed by atoms with Gasteiger partial charge in [0.25, 0.3) is 0 Å². The number of nitrogens with one attached hydrogen (secondary N) is 1. The van der Waals surface area contributed by atoms with Gasteiger partial charge in [0.2, 0.25) is 5.91 Å². The van der Waals surface area contributed by atoms with Crippen LogP contribution in [0.5, 0.6) is 0 Å². The molecule has 2 atom stereocenters. The molecule has 0 radical (unpaired) electrons. The maximum absolute atomic E-state index is 12.4. The predicted octanol–water partition coefficient (Wildman–Crippen LogP) is 15.7. The fourth-order valence-corrected chi connectivity index (χ4v) is 7.83. The third-order valence-electron chi connectivity index (χ3n) is 11.9. The topological polar surface area (TPSA) is 95.9 Å². The van der Waals surface area contributed by atoms with Crippen molar-refractivity contribution in [1.82, 2.24) is 5.32 Å². The molecule has 3 N–H and O–H groups in total. The van der Waals surface area contributed by atoms with E-state index in [9.17, 15) is 19.8 Å². The van der Waals surface area contributed by atoms with Crippen molar-refractivity contribution in [2.45, 2.75) is 283 Å². The second kappa shape index (κ2) is 49.7. The quantitative estimate of drug-likeness (QED) is 0.0322. The van der Waals surface area contributed by atoms with Gasteiger partial charge in [-0.25, -0.2) is 0 Å². The zero-order valence-electron chi connectivity index (χ0n) is 39.9. The van der Waals surface area contributed by atoms with E-state index in [2.05, 4.69) is 43.5 Å². The minimum Gasteiger partial charge on any atom is -0.466 e. The van der Waals surface area contributed by atoms with E-state index < -0.39 is 12.1 Å². The highest BCUT2D eigenvalue weighted by molar-refractivity contribution is 5.76. The zero-order valence-corrected chi connectivity index (χ0v) is 39.9. The van der Waals surface area contributed by atoms with Gasteiger partial charge in [-0.2, -0.15) is 0 Å². The molecule has 0 heterocycles. The number of carbonyl (C=O) groups is 2. The highest BCUT2D eigenvalue weighted by atomic mass is 16.5. The van der Waals surface area contributed by atoms with Crippen LogP contribution < -0.4 is 5.32 Å². The molecule has 0 aromatic heterocycles. The van der Waals surface area contributed by atoms with Crippen molar-refractivity contribution in [3.8, 4) is 0 Å². The Balaban J connectivity index is 3.50. The molecule has 1 amide bonds. The minimum atomic E-state index is -0.854. The summed E-state index contributed by atoms with van der Waals surface area (Å²) in [7, 11) is 0. The molecule has 2 unspecified atom stereocenters. The number of aliphatic hydroxyl groups is 2. The first-order valence-corrected chi connectivity index (χ1v) is 26.3. The SMILES string of the molecule is CCCC/C=C\C/C=C\CCCCCCCC(=O)OCCCCCCCCCCCCCCCC(=O)NC(CO)C(O)/C=C/CCCCCCCCCCCCCCCC. The second-order valence-electron chi connectivity index (χ2n) is 17.9. The Bertz CT molecular complexity index is 977. The summed E-state index contributed by atoms with van der Waals surface area (Å²) >= 11 is 0. The molecule has 0 spiro atoms. The number of esters is 1. The average Bonchev–Trinajstić information content (AvgIpc) is 3.25. The fraction of sp³-hybridized carbons (Fsp3) is 0.852. The number of hydrogen-bond acceptors (Lipinski definition) is 5. The summed E-state index contributed by atoms with van der Waals surface area (Å²) in [6, 6.07) is -0.638. The van der Waals surface area contributed by atoms with E-state index in [-0.39, 0.29) is 18.5 Å². The molecule has 0 saturated carbocycles. The van der Waals surface area contributed by atoms with E-state index in [1.165, 1.54) is 173 Å². The highest BCUT2D eigenvalue weighted by Gasteiger charge is 2.18. The van der Waals surface area contributed by atoms with Crippen LogP contribution in [0.15, 0.2) is 36.5 Å². The Morgan fingerprint density at radius 1 is 0.467 bits per heavy atom. The number of amides is 1. The van der Waals surface area contributed by atoms with Gasteiger partial charge in [0.1, 0.15) is 0 Å². The maximum atomic E-state index is 12.4. The van der Waals surface area contributed by atoms with Gasteiger partial charge in [0.15, 0.2) is 0 Å². The van der Waals surface area contributed by atoms with E-state index >= 15 is 0 Å². The number of unbranched alkanes of at least 4 members (excludes halogenated alkanes) is 33. The van der Waals surface area contributed by atoms with Crippen LogP contribution in [0.1, 0.15) is 271 Å². The van der Waals surface area contributed by atoms with E-state index in [0.29, 0.717) is 19.4 Å². The van der Waals surface area contributed by atoms with Gasteiger partial charge >= 0.3 is 5.97 Å². The molecule has 60 heavy (non-hydrogen) atoms. The summed E-state index contributed by atoms with van der Waals surface area (Å²) in [5, 5.41) is 23.1. The van der Waals surface area contributed by atoms with E-state index in [1.807, 2.05) is 6.08 Å².